The van der Waals surface area contributed by atoms with Crippen molar-refractivity contribution in [2.45, 2.75) is 38.5 Å². The van der Waals surface area contributed by atoms with Gasteiger partial charge in [-0.2, -0.15) is 0 Å². The number of amides is 2. The summed E-state index contributed by atoms with van der Waals surface area (Å²) in [6.07, 6.45) is 8.83. The zero-order chi connectivity index (χ0) is 18.0. The highest BCUT2D eigenvalue weighted by Crippen LogP contribution is 2.38. The number of carbonyl (C=O) groups excluding carboxylic acids is 1. The van der Waals surface area contributed by atoms with Crippen LogP contribution in [0.4, 0.5) is 10.5 Å². The zero-order valence-corrected chi connectivity index (χ0v) is 15.3. The Morgan fingerprint density at radius 2 is 1.68 bits per heavy atom. The highest BCUT2D eigenvalue weighted by atomic mass is 35.5. The third-order valence-electron chi connectivity index (χ3n) is 4.52. The molecule has 2 aliphatic carbocycles. The Balaban J connectivity index is 1.75. The summed E-state index contributed by atoms with van der Waals surface area (Å²) in [6.45, 7) is 0. The number of benzene rings is 1. The second-order valence-electron chi connectivity index (χ2n) is 6.18. The smallest absolute Gasteiger partial charge is 0.331 e. The molecule has 2 amide bonds. The van der Waals surface area contributed by atoms with Gasteiger partial charge >= 0.3 is 6.03 Å². The van der Waals surface area contributed by atoms with Crippen molar-refractivity contribution in [3.63, 3.8) is 0 Å². The minimum absolute atomic E-state index is 0.0137. The van der Waals surface area contributed by atoms with Gasteiger partial charge in [-0.15, -0.1) is 0 Å². The number of halogens is 1. The normalized spacial score (nSPS) is 17.8. The van der Waals surface area contributed by atoms with E-state index in [4.69, 9.17) is 23.1 Å². The number of hydrogen-bond acceptors (Lipinski definition) is 4. The molecular weight excluding hydrogens is 360 g/mol. The molecule has 25 heavy (non-hydrogen) atoms. The summed E-state index contributed by atoms with van der Waals surface area (Å²) in [7, 11) is -1.86. The quantitative estimate of drug-likeness (QED) is 0.474. The largest absolute Gasteiger partial charge is 0.390 e. The number of rotatable bonds is 4. The minimum Gasteiger partial charge on any atom is -0.390 e. The molecule has 0 bridgehead atoms. The summed E-state index contributed by atoms with van der Waals surface area (Å²) in [5.41, 5.74) is 16.9. The second-order valence-corrected chi connectivity index (χ2v) is 7.83. The van der Waals surface area contributed by atoms with Gasteiger partial charge in [0.05, 0.1) is 5.16 Å². The third kappa shape index (κ3) is 3.99. The van der Waals surface area contributed by atoms with Crippen molar-refractivity contribution >= 4 is 34.3 Å². The van der Waals surface area contributed by atoms with Gasteiger partial charge in [0, 0.05) is 5.69 Å². The first-order valence-corrected chi connectivity index (χ1v) is 9.73. The molecule has 0 aliphatic heterocycles. The lowest BCUT2D eigenvalue weighted by Crippen LogP contribution is -2.33. The summed E-state index contributed by atoms with van der Waals surface area (Å²) in [5, 5.41) is 2.88. The first-order chi connectivity index (χ1) is 12.0. The molecule has 0 saturated carbocycles. The van der Waals surface area contributed by atoms with Crippen LogP contribution in [-0.2, 0) is 36.7 Å². The van der Waals surface area contributed by atoms with E-state index in [1.165, 1.54) is 34.4 Å². The molecule has 0 spiro atoms. The molecule has 2 aliphatic rings. The van der Waals surface area contributed by atoms with Crippen molar-refractivity contribution in [2.24, 2.45) is 11.5 Å². The van der Waals surface area contributed by atoms with E-state index < -0.39 is 17.0 Å². The van der Waals surface area contributed by atoms with E-state index in [1.807, 2.05) is 0 Å². The molecule has 1 unspecified atom stereocenters. The maximum absolute atomic E-state index is 12.3. The minimum atomic E-state index is -1.86. The zero-order valence-electron chi connectivity index (χ0n) is 13.7. The fourth-order valence-corrected chi connectivity index (χ4v) is 4.06. The van der Waals surface area contributed by atoms with Crippen molar-refractivity contribution in [3.05, 3.63) is 50.7 Å². The van der Waals surface area contributed by atoms with E-state index in [2.05, 4.69) is 16.1 Å². The molecule has 6 nitrogen and oxygen atoms in total. The predicted molar refractivity (Wildman–Crippen MR) is 101 cm³/mol. The highest BCUT2D eigenvalue weighted by Gasteiger charge is 2.25. The summed E-state index contributed by atoms with van der Waals surface area (Å²) in [6, 6.07) is 1.75. The lowest BCUT2D eigenvalue weighted by Gasteiger charge is -2.16. The summed E-state index contributed by atoms with van der Waals surface area (Å²) in [5.74, 6) is 0. The van der Waals surface area contributed by atoms with Gasteiger partial charge in [0.25, 0.3) is 0 Å². The molecule has 6 N–H and O–H groups in total. The Hall–Kier alpha value is -1.99. The number of carbonyl (C=O) groups is 1. The number of allylic oxidation sites excluding steroid dienone is 2. The molecule has 0 saturated heterocycles. The number of hydrogen-bond donors (Lipinski definition) is 4. The second kappa shape index (κ2) is 7.49. The number of fused-ring (bicyclic) bond motifs is 2. The number of nitrogens with two attached hydrogens (primary N) is 2. The Labute approximate surface area is 154 Å². The van der Waals surface area contributed by atoms with Gasteiger partial charge in [0.2, 0.25) is 0 Å². The average molecular weight is 381 g/mol. The van der Waals surface area contributed by atoms with Gasteiger partial charge in [-0.25, -0.2) is 9.00 Å². The van der Waals surface area contributed by atoms with Crippen LogP contribution in [0.15, 0.2) is 28.4 Å². The van der Waals surface area contributed by atoms with E-state index in [0.717, 1.165) is 44.2 Å². The van der Waals surface area contributed by atoms with Gasteiger partial charge in [-0.1, -0.05) is 17.7 Å². The van der Waals surface area contributed by atoms with Crippen LogP contribution in [0, 0.1) is 0 Å². The Morgan fingerprint density at radius 1 is 1.08 bits per heavy atom. The number of urea groups is 1. The van der Waals surface area contributed by atoms with Crippen LogP contribution in [0.3, 0.4) is 0 Å². The molecule has 0 heterocycles. The van der Waals surface area contributed by atoms with E-state index >= 15 is 0 Å². The fraction of sp³-hybridized carbons (Fsp3) is 0.353. The van der Waals surface area contributed by atoms with Gasteiger partial charge in [0.15, 0.2) is 11.0 Å². The van der Waals surface area contributed by atoms with Crippen molar-refractivity contribution in [3.8, 4) is 0 Å². The molecule has 0 fully saturated rings. The lowest BCUT2D eigenvalue weighted by atomic mass is 9.99. The van der Waals surface area contributed by atoms with Crippen LogP contribution < -0.4 is 21.5 Å². The Kier molecular flexibility index (Phi) is 5.34. The monoisotopic (exact) mass is 380 g/mol. The molecule has 134 valence electrons. The molecule has 1 aromatic rings. The average Bonchev–Trinajstić information content (AvgIpc) is 3.20. The highest BCUT2D eigenvalue weighted by molar-refractivity contribution is 7.87. The molecule has 8 heteroatoms. The number of anilines is 1. The standard InChI is InChI=1S/C17H21ClN4O2S/c18-14(19)7-8-15(20)25(24)22-17(23)21-16-12-5-1-3-10(12)9-11-4-2-6-13(11)16/h7-9H,1-6,19-20H2,(H2,21,22,23)/b14-7-,15-8+. The maximum Gasteiger partial charge on any atom is 0.331 e. The third-order valence-corrected chi connectivity index (χ3v) is 5.58. The molecular formula is C17H21ClN4O2S. The maximum atomic E-state index is 12.3. The Morgan fingerprint density at radius 3 is 2.24 bits per heavy atom. The van der Waals surface area contributed by atoms with Gasteiger partial charge in [0.1, 0.15) is 5.03 Å². The van der Waals surface area contributed by atoms with Crippen molar-refractivity contribution in [2.75, 3.05) is 5.32 Å². The van der Waals surface area contributed by atoms with Crippen LogP contribution in [0.1, 0.15) is 35.1 Å². The van der Waals surface area contributed by atoms with Crippen LogP contribution in [0.2, 0.25) is 0 Å². The van der Waals surface area contributed by atoms with Gasteiger partial charge < -0.3 is 16.8 Å². The van der Waals surface area contributed by atoms with Gasteiger partial charge in [-0.05, 0) is 72.9 Å². The predicted octanol–water partition coefficient (Wildman–Crippen LogP) is 2.29. The number of nitrogens with one attached hydrogen (secondary N) is 2. The molecule has 0 aromatic heterocycles. The van der Waals surface area contributed by atoms with Crippen LogP contribution in [-0.4, -0.2) is 10.2 Å². The summed E-state index contributed by atoms with van der Waals surface area (Å²) in [4.78, 5) is 12.3. The molecule has 3 rings (SSSR count). The van der Waals surface area contributed by atoms with E-state index in [0.29, 0.717) is 0 Å². The van der Waals surface area contributed by atoms with Crippen molar-refractivity contribution in [1.82, 2.24) is 4.72 Å². The van der Waals surface area contributed by atoms with Crippen LogP contribution in [0.5, 0.6) is 0 Å². The van der Waals surface area contributed by atoms with Crippen LogP contribution in [0.25, 0.3) is 0 Å². The molecule has 1 atom stereocenters. The Bertz CT molecular complexity index is 768. The van der Waals surface area contributed by atoms with E-state index in [1.54, 1.807) is 0 Å². The topological polar surface area (TPSA) is 110 Å². The van der Waals surface area contributed by atoms with Crippen LogP contribution >= 0.6 is 11.6 Å². The number of aryl methyl sites for hydroxylation is 2. The molecule has 1 aromatic carbocycles. The summed E-state index contributed by atoms with van der Waals surface area (Å²) >= 11 is 5.49. The van der Waals surface area contributed by atoms with Crippen molar-refractivity contribution < 1.29 is 9.00 Å². The molecule has 0 radical (unpaired) electrons. The first kappa shape index (κ1) is 17.8. The lowest BCUT2D eigenvalue weighted by molar-refractivity contribution is 0.257. The van der Waals surface area contributed by atoms with E-state index in [9.17, 15) is 9.00 Å². The van der Waals surface area contributed by atoms with E-state index in [-0.39, 0.29) is 10.2 Å². The van der Waals surface area contributed by atoms with Gasteiger partial charge in [-0.3, -0.25) is 4.72 Å². The first-order valence-electron chi connectivity index (χ1n) is 8.20. The van der Waals surface area contributed by atoms with Crippen molar-refractivity contribution in [1.29, 1.82) is 0 Å². The fourth-order valence-electron chi connectivity index (χ4n) is 3.47. The SMILES string of the molecule is N/C(Cl)=C\C=C(/N)S(=O)NC(=O)Nc1c2c(cc3c1CCC3)CCC2. The summed E-state index contributed by atoms with van der Waals surface area (Å²) < 4.78 is 14.4.